The fourth-order valence-corrected chi connectivity index (χ4v) is 2.56. The van der Waals surface area contributed by atoms with Crippen molar-refractivity contribution in [2.24, 2.45) is 5.92 Å². The van der Waals surface area contributed by atoms with Crippen molar-refractivity contribution in [1.82, 2.24) is 20.6 Å². The zero-order valence-electron chi connectivity index (χ0n) is 15.2. The molecule has 1 aromatic carbocycles. The molecule has 8 nitrogen and oxygen atoms in total. The molecule has 0 radical (unpaired) electrons. The first-order chi connectivity index (χ1) is 12.9. The lowest BCUT2D eigenvalue weighted by atomic mass is 9.73. The molecular formula is C18H23BN4O4. The van der Waals surface area contributed by atoms with Crippen LogP contribution in [0.5, 0.6) is 0 Å². The van der Waals surface area contributed by atoms with Gasteiger partial charge in [0.2, 0.25) is 5.91 Å². The number of hydrogen-bond acceptors (Lipinski definition) is 6. The molecule has 1 heterocycles. The van der Waals surface area contributed by atoms with E-state index in [1.54, 1.807) is 13.8 Å². The number of nitrogens with one attached hydrogen (secondary N) is 2. The predicted octanol–water partition coefficient (Wildman–Crippen LogP) is -0.0295. The standard InChI is InChI=1S/C18H23BN4O4/c1-12(2)16(19(26)27)23-17(24)14(10-13-6-4-3-5-7-13)22-18(25)15-11-20-8-9-21-15/h3-9,11-12,14,16,26-27H,10H2,1-2H3,(H,22,25)(H,23,24)/t14-,16-/m0/s1. The normalized spacial score (nSPS) is 12.9. The highest BCUT2D eigenvalue weighted by atomic mass is 16.4. The third-order valence-corrected chi connectivity index (χ3v) is 4.05. The molecular weight excluding hydrogens is 347 g/mol. The van der Waals surface area contributed by atoms with Crippen molar-refractivity contribution >= 4 is 18.9 Å². The number of hydrogen-bond donors (Lipinski definition) is 4. The van der Waals surface area contributed by atoms with E-state index in [-0.39, 0.29) is 18.0 Å². The summed E-state index contributed by atoms with van der Waals surface area (Å²) in [6.45, 7) is 3.52. The van der Waals surface area contributed by atoms with E-state index < -0.39 is 30.9 Å². The van der Waals surface area contributed by atoms with Gasteiger partial charge in [-0.1, -0.05) is 44.2 Å². The van der Waals surface area contributed by atoms with Crippen molar-refractivity contribution in [2.45, 2.75) is 32.3 Å². The van der Waals surface area contributed by atoms with E-state index in [1.807, 2.05) is 30.3 Å². The number of aromatic nitrogens is 2. The minimum absolute atomic E-state index is 0.0889. The van der Waals surface area contributed by atoms with Crippen LogP contribution in [0.3, 0.4) is 0 Å². The van der Waals surface area contributed by atoms with Crippen molar-refractivity contribution in [3.8, 4) is 0 Å². The molecule has 27 heavy (non-hydrogen) atoms. The molecule has 0 fully saturated rings. The molecule has 0 unspecified atom stereocenters. The maximum Gasteiger partial charge on any atom is 0.475 e. The van der Waals surface area contributed by atoms with Crippen molar-refractivity contribution in [2.75, 3.05) is 0 Å². The fraction of sp³-hybridized carbons (Fsp3) is 0.333. The zero-order chi connectivity index (χ0) is 19.8. The second-order valence-electron chi connectivity index (χ2n) is 6.50. The molecule has 0 spiro atoms. The average Bonchev–Trinajstić information content (AvgIpc) is 2.66. The molecule has 4 N–H and O–H groups in total. The van der Waals surface area contributed by atoms with Crippen LogP contribution in [0.15, 0.2) is 48.9 Å². The number of amides is 2. The Hall–Kier alpha value is -2.78. The van der Waals surface area contributed by atoms with Gasteiger partial charge in [0.05, 0.1) is 12.1 Å². The summed E-state index contributed by atoms with van der Waals surface area (Å²) < 4.78 is 0. The zero-order valence-corrected chi connectivity index (χ0v) is 15.2. The van der Waals surface area contributed by atoms with E-state index in [1.165, 1.54) is 18.6 Å². The fourth-order valence-electron chi connectivity index (χ4n) is 2.56. The molecule has 0 aliphatic rings. The van der Waals surface area contributed by atoms with Gasteiger partial charge in [0.25, 0.3) is 5.91 Å². The Morgan fingerprint density at radius 1 is 1.11 bits per heavy atom. The van der Waals surface area contributed by atoms with Gasteiger partial charge in [0.15, 0.2) is 0 Å². The number of rotatable bonds is 8. The van der Waals surface area contributed by atoms with Gasteiger partial charge in [0, 0.05) is 18.8 Å². The van der Waals surface area contributed by atoms with Crippen molar-refractivity contribution in [3.05, 3.63) is 60.2 Å². The van der Waals surface area contributed by atoms with Crippen LogP contribution in [0.25, 0.3) is 0 Å². The summed E-state index contributed by atoms with van der Waals surface area (Å²) in [5.74, 6) is -2.11. The second kappa shape index (κ2) is 9.79. The first-order valence-corrected chi connectivity index (χ1v) is 8.65. The van der Waals surface area contributed by atoms with Crippen LogP contribution < -0.4 is 10.6 Å². The van der Waals surface area contributed by atoms with Crippen molar-refractivity contribution in [1.29, 1.82) is 0 Å². The Labute approximate surface area is 158 Å². The molecule has 2 aromatic rings. The maximum atomic E-state index is 12.7. The van der Waals surface area contributed by atoms with E-state index in [2.05, 4.69) is 20.6 Å². The van der Waals surface area contributed by atoms with Gasteiger partial charge in [-0.3, -0.25) is 14.6 Å². The van der Waals surface area contributed by atoms with Crippen LogP contribution in [0.2, 0.25) is 0 Å². The Bertz CT molecular complexity index is 736. The summed E-state index contributed by atoms with van der Waals surface area (Å²) in [6, 6.07) is 8.30. The van der Waals surface area contributed by atoms with E-state index in [9.17, 15) is 19.6 Å². The lowest BCUT2D eigenvalue weighted by Crippen LogP contribution is -2.56. The molecule has 142 valence electrons. The lowest BCUT2D eigenvalue weighted by Gasteiger charge is -2.25. The summed E-state index contributed by atoms with van der Waals surface area (Å²) in [7, 11) is -1.71. The number of benzene rings is 1. The Balaban J connectivity index is 2.18. The first kappa shape index (κ1) is 20.5. The summed E-state index contributed by atoms with van der Waals surface area (Å²) in [6.07, 6.45) is 4.38. The summed E-state index contributed by atoms with van der Waals surface area (Å²) in [5.41, 5.74) is 0.939. The number of carbonyl (C=O) groups is 2. The minimum atomic E-state index is -1.71. The molecule has 2 rings (SSSR count). The smallest absolute Gasteiger partial charge is 0.426 e. The van der Waals surface area contributed by atoms with Crippen LogP contribution in [0.4, 0.5) is 0 Å². The average molecular weight is 370 g/mol. The SMILES string of the molecule is CC(C)[C@H](NC(=O)[C@H](Cc1ccccc1)NC(=O)c1cnccn1)B(O)O. The molecule has 9 heteroatoms. The Morgan fingerprint density at radius 2 is 1.81 bits per heavy atom. The predicted molar refractivity (Wildman–Crippen MR) is 100 cm³/mol. The van der Waals surface area contributed by atoms with Gasteiger partial charge in [0.1, 0.15) is 11.7 Å². The van der Waals surface area contributed by atoms with Gasteiger partial charge in [-0.2, -0.15) is 0 Å². The van der Waals surface area contributed by atoms with Crippen LogP contribution in [-0.2, 0) is 11.2 Å². The van der Waals surface area contributed by atoms with Crippen LogP contribution in [0.1, 0.15) is 29.9 Å². The highest BCUT2D eigenvalue weighted by molar-refractivity contribution is 6.43. The third-order valence-electron chi connectivity index (χ3n) is 4.05. The lowest BCUT2D eigenvalue weighted by molar-refractivity contribution is -0.123. The second-order valence-corrected chi connectivity index (χ2v) is 6.50. The number of nitrogens with zero attached hydrogens (tertiary/aromatic N) is 2. The van der Waals surface area contributed by atoms with Crippen molar-refractivity contribution < 1.29 is 19.6 Å². The number of carbonyl (C=O) groups excluding carboxylic acids is 2. The van der Waals surface area contributed by atoms with Crippen LogP contribution in [-0.4, -0.2) is 50.9 Å². The van der Waals surface area contributed by atoms with Gasteiger partial charge in [-0.15, -0.1) is 0 Å². The highest BCUT2D eigenvalue weighted by Crippen LogP contribution is 2.08. The van der Waals surface area contributed by atoms with Crippen LogP contribution in [0, 0.1) is 5.92 Å². The Kier molecular flexibility index (Phi) is 7.45. The topological polar surface area (TPSA) is 124 Å². The van der Waals surface area contributed by atoms with E-state index in [0.717, 1.165) is 5.56 Å². The monoisotopic (exact) mass is 370 g/mol. The minimum Gasteiger partial charge on any atom is -0.426 e. The summed E-state index contributed by atoms with van der Waals surface area (Å²) in [5, 5.41) is 24.2. The third kappa shape index (κ3) is 6.16. The molecule has 0 saturated heterocycles. The van der Waals surface area contributed by atoms with Gasteiger partial charge >= 0.3 is 7.12 Å². The van der Waals surface area contributed by atoms with Gasteiger partial charge < -0.3 is 20.7 Å². The maximum absolute atomic E-state index is 12.7. The summed E-state index contributed by atoms with van der Waals surface area (Å²) >= 11 is 0. The molecule has 2 amide bonds. The van der Waals surface area contributed by atoms with E-state index in [0.29, 0.717) is 0 Å². The van der Waals surface area contributed by atoms with E-state index in [4.69, 9.17) is 0 Å². The first-order valence-electron chi connectivity index (χ1n) is 8.65. The Morgan fingerprint density at radius 3 is 2.37 bits per heavy atom. The summed E-state index contributed by atoms with van der Waals surface area (Å²) in [4.78, 5) is 32.9. The highest BCUT2D eigenvalue weighted by Gasteiger charge is 2.31. The largest absolute Gasteiger partial charge is 0.475 e. The van der Waals surface area contributed by atoms with Gasteiger partial charge in [-0.05, 0) is 11.5 Å². The van der Waals surface area contributed by atoms with E-state index >= 15 is 0 Å². The van der Waals surface area contributed by atoms with Gasteiger partial charge in [-0.25, -0.2) is 4.98 Å². The molecule has 0 bridgehead atoms. The molecule has 0 aliphatic heterocycles. The molecule has 1 aromatic heterocycles. The van der Waals surface area contributed by atoms with Crippen molar-refractivity contribution in [3.63, 3.8) is 0 Å². The quantitative estimate of drug-likeness (QED) is 0.484. The molecule has 2 atom stereocenters. The van der Waals surface area contributed by atoms with Crippen LogP contribution >= 0.6 is 0 Å². The molecule has 0 saturated carbocycles. The molecule has 0 aliphatic carbocycles.